The van der Waals surface area contributed by atoms with Gasteiger partial charge in [0.05, 0.1) is 20.3 Å². The summed E-state index contributed by atoms with van der Waals surface area (Å²) in [6, 6.07) is 6.04. The highest BCUT2D eigenvalue weighted by atomic mass is 127. The van der Waals surface area contributed by atoms with E-state index in [1.165, 1.54) is 12.0 Å². The van der Waals surface area contributed by atoms with Gasteiger partial charge in [-0.3, -0.25) is 9.79 Å². The van der Waals surface area contributed by atoms with Gasteiger partial charge in [-0.05, 0) is 56.7 Å². The lowest BCUT2D eigenvalue weighted by atomic mass is 10.1. The number of guanidine groups is 1. The van der Waals surface area contributed by atoms with Gasteiger partial charge in [-0.2, -0.15) is 0 Å². The van der Waals surface area contributed by atoms with Crippen molar-refractivity contribution in [2.45, 2.75) is 39.0 Å². The molecular weight excluding hydrogens is 483 g/mol. The van der Waals surface area contributed by atoms with E-state index in [-0.39, 0.29) is 36.4 Å². The summed E-state index contributed by atoms with van der Waals surface area (Å²) in [5, 5.41) is 6.39. The predicted molar refractivity (Wildman–Crippen MR) is 128 cm³/mol. The van der Waals surface area contributed by atoms with Crippen LogP contribution < -0.4 is 20.1 Å². The van der Waals surface area contributed by atoms with Crippen LogP contribution in [0.2, 0.25) is 0 Å². The maximum Gasteiger partial charge on any atom is 0.241 e. The van der Waals surface area contributed by atoms with Crippen molar-refractivity contribution in [2.24, 2.45) is 4.99 Å². The number of nitrogens with one attached hydrogen (secondary N) is 2. The number of methoxy groups -OCH3 is 1. The molecule has 29 heavy (non-hydrogen) atoms. The number of hydrogen-bond acceptors (Lipinski definition) is 4. The lowest BCUT2D eigenvalue weighted by molar-refractivity contribution is -0.130. The zero-order valence-corrected chi connectivity index (χ0v) is 20.2. The summed E-state index contributed by atoms with van der Waals surface area (Å²) in [5.74, 6) is 2.34. The van der Waals surface area contributed by atoms with Gasteiger partial charge in [0.2, 0.25) is 5.91 Å². The van der Waals surface area contributed by atoms with Crippen molar-refractivity contribution in [1.29, 1.82) is 0 Å². The van der Waals surface area contributed by atoms with Crippen molar-refractivity contribution in [2.75, 3.05) is 46.9 Å². The summed E-state index contributed by atoms with van der Waals surface area (Å²) >= 11 is 0. The molecule has 1 heterocycles. The summed E-state index contributed by atoms with van der Waals surface area (Å²) in [7, 11) is 3.37. The number of likely N-dealkylation sites (tertiary alicyclic amines) is 1. The molecule has 1 aliphatic rings. The minimum Gasteiger partial charge on any atom is -0.493 e. The van der Waals surface area contributed by atoms with Gasteiger partial charge in [0.25, 0.3) is 0 Å². The normalized spacial score (nSPS) is 14.0. The first-order valence-electron chi connectivity index (χ1n) is 10.2. The fourth-order valence-corrected chi connectivity index (χ4v) is 3.28. The fraction of sp³-hybridized carbons (Fsp3) is 0.619. The quantitative estimate of drug-likeness (QED) is 0.228. The topological polar surface area (TPSA) is 75.2 Å². The van der Waals surface area contributed by atoms with Crippen LogP contribution in [0.3, 0.4) is 0 Å². The third-order valence-electron chi connectivity index (χ3n) is 4.80. The molecule has 164 valence electrons. The highest BCUT2D eigenvalue weighted by Gasteiger charge is 2.16. The van der Waals surface area contributed by atoms with E-state index in [0.717, 1.165) is 56.8 Å². The van der Waals surface area contributed by atoms with Crippen LogP contribution in [0.15, 0.2) is 23.2 Å². The molecule has 0 spiro atoms. The van der Waals surface area contributed by atoms with Crippen LogP contribution >= 0.6 is 24.0 Å². The Labute approximate surface area is 191 Å². The van der Waals surface area contributed by atoms with E-state index in [2.05, 4.69) is 21.7 Å². The lowest BCUT2D eigenvalue weighted by Crippen LogP contribution is -2.46. The second-order valence-electron chi connectivity index (χ2n) is 6.82. The van der Waals surface area contributed by atoms with Crippen LogP contribution in [0.5, 0.6) is 11.5 Å². The first-order chi connectivity index (χ1) is 13.7. The molecular formula is C21H35IN4O3. The van der Waals surface area contributed by atoms with Gasteiger partial charge in [0, 0.05) is 26.7 Å². The molecule has 2 rings (SSSR count). The van der Waals surface area contributed by atoms with Crippen LogP contribution in [0.25, 0.3) is 0 Å². The van der Waals surface area contributed by atoms with Crippen LogP contribution in [-0.2, 0) is 11.2 Å². The van der Waals surface area contributed by atoms with Crippen LogP contribution in [0, 0.1) is 0 Å². The van der Waals surface area contributed by atoms with Crippen molar-refractivity contribution in [3.05, 3.63) is 23.8 Å². The standard InChI is InChI=1S/C21H34N4O3.HI/c1-4-28-19-15-17(10-11-18(19)27-3)9-8-12-23-21(22-2)24-16-20(26)25-13-6-5-7-14-25;/h10-11,15H,4-9,12-14,16H2,1-3H3,(H2,22,23,24);1H. The van der Waals surface area contributed by atoms with Crippen molar-refractivity contribution < 1.29 is 14.3 Å². The molecule has 1 amide bonds. The molecule has 0 aromatic heterocycles. The molecule has 0 saturated carbocycles. The molecule has 8 heteroatoms. The number of amides is 1. The smallest absolute Gasteiger partial charge is 0.241 e. The largest absolute Gasteiger partial charge is 0.493 e. The van der Waals surface area contributed by atoms with Crippen molar-refractivity contribution in [1.82, 2.24) is 15.5 Å². The number of nitrogens with zero attached hydrogens (tertiary/aromatic N) is 2. The van der Waals surface area contributed by atoms with E-state index in [9.17, 15) is 4.79 Å². The molecule has 0 bridgehead atoms. The summed E-state index contributed by atoms with van der Waals surface area (Å²) in [4.78, 5) is 18.4. The van der Waals surface area contributed by atoms with Gasteiger partial charge < -0.3 is 25.0 Å². The van der Waals surface area contributed by atoms with E-state index >= 15 is 0 Å². The zero-order valence-electron chi connectivity index (χ0n) is 17.8. The second kappa shape index (κ2) is 14.3. The van der Waals surface area contributed by atoms with E-state index in [4.69, 9.17) is 9.47 Å². The molecule has 0 unspecified atom stereocenters. The lowest BCUT2D eigenvalue weighted by Gasteiger charge is -2.27. The predicted octanol–water partition coefficient (Wildman–Crippen LogP) is 2.82. The Kier molecular flexibility index (Phi) is 12.5. The summed E-state index contributed by atoms with van der Waals surface area (Å²) in [6.07, 6.45) is 5.30. The minimum absolute atomic E-state index is 0. The molecule has 0 radical (unpaired) electrons. The zero-order chi connectivity index (χ0) is 20.2. The highest BCUT2D eigenvalue weighted by Crippen LogP contribution is 2.28. The van der Waals surface area contributed by atoms with Gasteiger partial charge >= 0.3 is 0 Å². The van der Waals surface area contributed by atoms with E-state index < -0.39 is 0 Å². The summed E-state index contributed by atoms with van der Waals surface area (Å²) < 4.78 is 11.0. The van der Waals surface area contributed by atoms with Crippen molar-refractivity contribution in [3.63, 3.8) is 0 Å². The highest BCUT2D eigenvalue weighted by molar-refractivity contribution is 14.0. The number of carbonyl (C=O) groups is 1. The van der Waals surface area contributed by atoms with Crippen molar-refractivity contribution in [3.8, 4) is 11.5 Å². The molecule has 1 aromatic carbocycles. The van der Waals surface area contributed by atoms with Gasteiger partial charge in [-0.15, -0.1) is 24.0 Å². The maximum absolute atomic E-state index is 12.2. The molecule has 0 atom stereocenters. The van der Waals surface area contributed by atoms with E-state index in [1.807, 2.05) is 24.0 Å². The second-order valence-corrected chi connectivity index (χ2v) is 6.82. The van der Waals surface area contributed by atoms with Gasteiger partial charge in [0.15, 0.2) is 17.5 Å². The Morgan fingerprint density at radius 1 is 1.17 bits per heavy atom. The first-order valence-corrected chi connectivity index (χ1v) is 10.2. The number of halogens is 1. The number of aliphatic imine (C=N–C) groups is 1. The molecule has 7 nitrogen and oxygen atoms in total. The Morgan fingerprint density at radius 3 is 2.59 bits per heavy atom. The Bertz CT molecular complexity index is 649. The number of piperidine rings is 1. The van der Waals surface area contributed by atoms with Crippen LogP contribution in [-0.4, -0.2) is 63.7 Å². The van der Waals surface area contributed by atoms with Crippen LogP contribution in [0.1, 0.15) is 38.2 Å². The Hall–Kier alpha value is -1.71. The van der Waals surface area contributed by atoms with Crippen molar-refractivity contribution >= 4 is 35.8 Å². The third kappa shape index (κ3) is 8.67. The maximum atomic E-state index is 12.2. The monoisotopic (exact) mass is 518 g/mol. The first kappa shape index (κ1) is 25.3. The number of aryl methyl sites for hydroxylation is 1. The SMILES string of the molecule is CCOc1cc(CCCNC(=NC)NCC(=O)N2CCCCC2)ccc1OC.I. The molecule has 1 saturated heterocycles. The average molecular weight is 518 g/mol. The molecule has 2 N–H and O–H groups in total. The average Bonchev–Trinajstić information content (AvgIpc) is 2.74. The number of benzene rings is 1. The number of rotatable bonds is 9. The number of ether oxygens (including phenoxy) is 2. The molecule has 1 fully saturated rings. The fourth-order valence-electron chi connectivity index (χ4n) is 3.28. The number of hydrogen-bond donors (Lipinski definition) is 2. The van der Waals surface area contributed by atoms with Gasteiger partial charge in [-0.1, -0.05) is 6.07 Å². The Balaban J connectivity index is 0.00000420. The van der Waals surface area contributed by atoms with Crippen LogP contribution in [0.4, 0.5) is 0 Å². The van der Waals surface area contributed by atoms with E-state index in [1.54, 1.807) is 14.2 Å². The number of carbonyl (C=O) groups excluding carboxylic acids is 1. The molecule has 1 aliphatic heterocycles. The van der Waals surface area contributed by atoms with Gasteiger partial charge in [0.1, 0.15) is 0 Å². The Morgan fingerprint density at radius 2 is 1.93 bits per heavy atom. The van der Waals surface area contributed by atoms with Gasteiger partial charge in [-0.25, -0.2) is 0 Å². The van der Waals surface area contributed by atoms with E-state index in [0.29, 0.717) is 12.6 Å². The molecule has 0 aliphatic carbocycles. The summed E-state index contributed by atoms with van der Waals surface area (Å²) in [5.41, 5.74) is 1.20. The third-order valence-corrected chi connectivity index (χ3v) is 4.80. The summed E-state index contributed by atoms with van der Waals surface area (Å²) in [6.45, 7) is 5.38. The molecule has 1 aromatic rings. The minimum atomic E-state index is 0.